The third-order valence-corrected chi connectivity index (χ3v) is 4.84. The van der Waals surface area contributed by atoms with Crippen LogP contribution in [-0.4, -0.2) is 23.3 Å². The Balaban J connectivity index is 1.80. The number of benzene rings is 2. The number of halogens is 1. The Kier molecular flexibility index (Phi) is 6.91. The van der Waals surface area contributed by atoms with Crippen LogP contribution in [-0.2, 0) is 9.59 Å². The first-order valence-corrected chi connectivity index (χ1v) is 9.40. The van der Waals surface area contributed by atoms with Crippen molar-refractivity contribution in [2.45, 2.75) is 20.8 Å². The fourth-order valence-corrected chi connectivity index (χ4v) is 3.22. The Bertz CT molecular complexity index is 773. The third-order valence-electron chi connectivity index (χ3n) is 3.67. The largest absolute Gasteiger partial charge is 0.325 e. The fourth-order valence-electron chi connectivity index (χ4n) is 2.38. The van der Waals surface area contributed by atoms with Gasteiger partial charge in [0, 0.05) is 16.4 Å². The zero-order chi connectivity index (χ0) is 18.4. The van der Waals surface area contributed by atoms with E-state index in [4.69, 9.17) is 11.6 Å². The van der Waals surface area contributed by atoms with Gasteiger partial charge in [0.1, 0.15) is 0 Å². The van der Waals surface area contributed by atoms with E-state index in [0.717, 1.165) is 28.1 Å². The molecule has 0 bridgehead atoms. The molecule has 0 saturated heterocycles. The molecule has 25 heavy (non-hydrogen) atoms. The number of nitrogens with one attached hydrogen (secondary N) is 2. The summed E-state index contributed by atoms with van der Waals surface area (Å²) in [6.45, 7) is 5.79. The molecule has 0 aliphatic carbocycles. The summed E-state index contributed by atoms with van der Waals surface area (Å²) in [5.41, 5.74) is 4.52. The fraction of sp³-hybridized carbons (Fsp3) is 0.263. The van der Waals surface area contributed by atoms with E-state index in [9.17, 15) is 9.59 Å². The van der Waals surface area contributed by atoms with E-state index in [1.54, 1.807) is 18.2 Å². The molecule has 4 nitrogen and oxygen atoms in total. The summed E-state index contributed by atoms with van der Waals surface area (Å²) >= 11 is 7.18. The average molecular weight is 377 g/mol. The number of anilines is 2. The Morgan fingerprint density at radius 2 is 1.52 bits per heavy atom. The second-order valence-electron chi connectivity index (χ2n) is 5.82. The van der Waals surface area contributed by atoms with E-state index >= 15 is 0 Å². The van der Waals surface area contributed by atoms with E-state index in [0.29, 0.717) is 5.02 Å². The van der Waals surface area contributed by atoms with Gasteiger partial charge in [0.05, 0.1) is 11.5 Å². The molecular formula is C19H21ClN2O2S. The maximum atomic E-state index is 12.1. The standard InChI is InChI=1S/C19H21ClN2O2S/c1-12-5-4-6-13(2)19(12)22-18(24)11-25-10-17(23)21-16-8-7-15(20)9-14(16)3/h4-9H,10-11H2,1-3H3,(H,21,23)(H,22,24). The van der Waals surface area contributed by atoms with Gasteiger partial charge < -0.3 is 10.6 Å². The SMILES string of the molecule is Cc1cc(Cl)ccc1NC(=O)CSCC(=O)Nc1c(C)cccc1C. The number of hydrogen-bond donors (Lipinski definition) is 2. The Morgan fingerprint density at radius 3 is 2.12 bits per heavy atom. The van der Waals surface area contributed by atoms with Gasteiger partial charge in [-0.1, -0.05) is 29.8 Å². The zero-order valence-corrected chi connectivity index (χ0v) is 16.1. The van der Waals surface area contributed by atoms with Crippen LogP contribution in [0.4, 0.5) is 11.4 Å². The normalized spacial score (nSPS) is 10.4. The van der Waals surface area contributed by atoms with Crippen LogP contribution in [0.1, 0.15) is 16.7 Å². The minimum atomic E-state index is -0.143. The summed E-state index contributed by atoms with van der Waals surface area (Å²) < 4.78 is 0. The summed E-state index contributed by atoms with van der Waals surface area (Å²) in [4.78, 5) is 24.1. The molecular weight excluding hydrogens is 356 g/mol. The minimum absolute atomic E-state index is 0.113. The van der Waals surface area contributed by atoms with Crippen molar-refractivity contribution >= 4 is 46.6 Å². The molecule has 0 aliphatic rings. The highest BCUT2D eigenvalue weighted by molar-refractivity contribution is 8.00. The second kappa shape index (κ2) is 8.92. The molecule has 0 fully saturated rings. The lowest BCUT2D eigenvalue weighted by Crippen LogP contribution is -2.19. The summed E-state index contributed by atoms with van der Waals surface area (Å²) in [5, 5.41) is 6.37. The van der Waals surface area contributed by atoms with Crippen LogP contribution >= 0.6 is 23.4 Å². The summed E-state index contributed by atoms with van der Waals surface area (Å²) in [6, 6.07) is 11.2. The number of rotatable bonds is 6. The number of para-hydroxylation sites is 1. The first kappa shape index (κ1) is 19.3. The number of amides is 2. The van der Waals surface area contributed by atoms with Crippen molar-refractivity contribution in [2.24, 2.45) is 0 Å². The lowest BCUT2D eigenvalue weighted by molar-refractivity contribution is -0.114. The van der Waals surface area contributed by atoms with Crippen molar-refractivity contribution in [3.63, 3.8) is 0 Å². The van der Waals surface area contributed by atoms with Crippen molar-refractivity contribution in [3.8, 4) is 0 Å². The van der Waals surface area contributed by atoms with Crippen molar-refractivity contribution in [1.29, 1.82) is 0 Å². The van der Waals surface area contributed by atoms with Crippen molar-refractivity contribution in [1.82, 2.24) is 0 Å². The van der Waals surface area contributed by atoms with Crippen LogP contribution in [0, 0.1) is 20.8 Å². The highest BCUT2D eigenvalue weighted by Crippen LogP contribution is 2.21. The van der Waals surface area contributed by atoms with Gasteiger partial charge in [-0.2, -0.15) is 0 Å². The Labute approximate surface area is 157 Å². The molecule has 0 atom stereocenters. The van der Waals surface area contributed by atoms with Crippen LogP contribution in [0.25, 0.3) is 0 Å². The van der Waals surface area contributed by atoms with Gasteiger partial charge in [0.2, 0.25) is 11.8 Å². The minimum Gasteiger partial charge on any atom is -0.325 e. The second-order valence-corrected chi connectivity index (χ2v) is 7.24. The third kappa shape index (κ3) is 5.80. The van der Waals surface area contributed by atoms with Crippen LogP contribution in [0.3, 0.4) is 0 Å². The van der Waals surface area contributed by atoms with E-state index in [-0.39, 0.29) is 23.3 Å². The molecule has 2 rings (SSSR count). The molecule has 2 aromatic carbocycles. The molecule has 0 unspecified atom stereocenters. The van der Waals surface area contributed by atoms with Crippen LogP contribution < -0.4 is 10.6 Å². The Hall–Kier alpha value is -1.98. The number of carbonyl (C=O) groups excluding carboxylic acids is 2. The van der Waals surface area contributed by atoms with Gasteiger partial charge in [-0.05, 0) is 55.7 Å². The van der Waals surface area contributed by atoms with E-state index in [1.165, 1.54) is 11.8 Å². The maximum absolute atomic E-state index is 12.1. The van der Waals surface area contributed by atoms with Crippen LogP contribution in [0.2, 0.25) is 5.02 Å². The zero-order valence-electron chi connectivity index (χ0n) is 14.5. The number of hydrogen-bond acceptors (Lipinski definition) is 3. The van der Waals surface area contributed by atoms with Crippen LogP contribution in [0.15, 0.2) is 36.4 Å². The lowest BCUT2D eigenvalue weighted by Gasteiger charge is -2.11. The van der Waals surface area contributed by atoms with Crippen molar-refractivity contribution < 1.29 is 9.59 Å². The van der Waals surface area contributed by atoms with Gasteiger partial charge in [0.15, 0.2) is 0 Å². The highest BCUT2D eigenvalue weighted by Gasteiger charge is 2.10. The molecule has 2 N–H and O–H groups in total. The molecule has 2 amide bonds. The monoisotopic (exact) mass is 376 g/mol. The molecule has 132 valence electrons. The smallest absolute Gasteiger partial charge is 0.234 e. The first-order chi connectivity index (χ1) is 11.9. The van der Waals surface area contributed by atoms with Gasteiger partial charge in [0.25, 0.3) is 0 Å². The molecule has 0 radical (unpaired) electrons. The summed E-state index contributed by atoms with van der Waals surface area (Å²) in [7, 11) is 0. The van der Waals surface area contributed by atoms with Crippen molar-refractivity contribution in [3.05, 3.63) is 58.1 Å². The molecule has 0 aromatic heterocycles. The lowest BCUT2D eigenvalue weighted by atomic mass is 10.1. The number of aryl methyl sites for hydroxylation is 3. The molecule has 0 spiro atoms. The number of carbonyl (C=O) groups is 2. The van der Waals surface area contributed by atoms with Crippen molar-refractivity contribution in [2.75, 3.05) is 22.1 Å². The van der Waals surface area contributed by atoms with Gasteiger partial charge in [-0.3, -0.25) is 9.59 Å². The molecule has 6 heteroatoms. The highest BCUT2D eigenvalue weighted by atomic mass is 35.5. The summed E-state index contributed by atoms with van der Waals surface area (Å²) in [5.74, 6) is 0.177. The van der Waals surface area contributed by atoms with Gasteiger partial charge in [-0.25, -0.2) is 0 Å². The topological polar surface area (TPSA) is 58.2 Å². The predicted molar refractivity (Wildman–Crippen MR) is 107 cm³/mol. The predicted octanol–water partition coefficient (Wildman–Crippen LogP) is 4.58. The molecule has 0 heterocycles. The quantitative estimate of drug-likeness (QED) is 0.776. The van der Waals surface area contributed by atoms with E-state index in [2.05, 4.69) is 10.6 Å². The maximum Gasteiger partial charge on any atom is 0.234 e. The van der Waals surface area contributed by atoms with E-state index < -0.39 is 0 Å². The van der Waals surface area contributed by atoms with E-state index in [1.807, 2.05) is 39.0 Å². The first-order valence-electron chi connectivity index (χ1n) is 7.86. The summed E-state index contributed by atoms with van der Waals surface area (Å²) in [6.07, 6.45) is 0. The van der Waals surface area contributed by atoms with Gasteiger partial charge in [-0.15, -0.1) is 11.8 Å². The molecule has 2 aromatic rings. The van der Waals surface area contributed by atoms with Crippen LogP contribution in [0.5, 0.6) is 0 Å². The molecule has 0 aliphatic heterocycles. The number of thioether (sulfide) groups is 1. The van der Waals surface area contributed by atoms with Gasteiger partial charge >= 0.3 is 0 Å². The average Bonchev–Trinajstić information content (AvgIpc) is 2.54. The Morgan fingerprint density at radius 1 is 0.920 bits per heavy atom. The molecule has 0 saturated carbocycles.